The number of benzene rings is 4. The fraction of sp³-hybridized carbons (Fsp3) is 0.176. The quantitative estimate of drug-likeness (QED) is 0.111. The Bertz CT molecular complexity index is 1670. The average Bonchev–Trinajstić information content (AvgIpc) is 3.41. The highest BCUT2D eigenvalue weighted by molar-refractivity contribution is 7.99. The van der Waals surface area contributed by atoms with E-state index in [1.165, 1.54) is 17.3 Å². The zero-order chi connectivity index (χ0) is 29.5. The molecule has 0 saturated heterocycles. The summed E-state index contributed by atoms with van der Waals surface area (Å²) in [6.07, 6.45) is 1.59. The van der Waals surface area contributed by atoms with E-state index >= 15 is 0 Å². The molecule has 5 aromatic rings. The minimum atomic E-state index is -0.248. The summed E-state index contributed by atoms with van der Waals surface area (Å²) in [5, 5.41) is 13.7. The van der Waals surface area contributed by atoms with Gasteiger partial charge in [-0.25, -0.2) is 5.43 Å². The molecule has 8 heteroatoms. The number of hydrazone groups is 1. The Kier molecular flexibility index (Phi) is 8.83. The number of carbonyl (C=O) groups excluding carboxylic acids is 1. The summed E-state index contributed by atoms with van der Waals surface area (Å²) in [5.41, 5.74) is 7.75. The number of hydrogen-bond donors (Lipinski definition) is 1. The van der Waals surface area contributed by atoms with Gasteiger partial charge in [-0.3, -0.25) is 9.36 Å². The van der Waals surface area contributed by atoms with Crippen LogP contribution in [0.3, 0.4) is 0 Å². The van der Waals surface area contributed by atoms with Gasteiger partial charge < -0.3 is 4.74 Å². The molecule has 5 rings (SSSR count). The SMILES string of the molecule is Cc1ccc(-n2c(SCC(=O)N/N=C\c3cccc(Oc4ccccc4)c3)nnc2-c2ccc(C(C)(C)C)cc2)cc1. The number of nitrogens with one attached hydrogen (secondary N) is 1. The smallest absolute Gasteiger partial charge is 0.250 e. The van der Waals surface area contributed by atoms with E-state index in [9.17, 15) is 4.79 Å². The number of hydrogen-bond acceptors (Lipinski definition) is 6. The van der Waals surface area contributed by atoms with Crippen molar-refractivity contribution in [2.45, 2.75) is 38.3 Å². The minimum absolute atomic E-state index is 0.0543. The van der Waals surface area contributed by atoms with Crippen LogP contribution in [-0.4, -0.2) is 32.6 Å². The van der Waals surface area contributed by atoms with Gasteiger partial charge >= 0.3 is 0 Å². The summed E-state index contributed by atoms with van der Waals surface area (Å²) < 4.78 is 7.87. The normalized spacial score (nSPS) is 11.5. The van der Waals surface area contributed by atoms with Gasteiger partial charge in [0.2, 0.25) is 0 Å². The first-order chi connectivity index (χ1) is 20.3. The van der Waals surface area contributed by atoms with Crippen LogP contribution in [0.5, 0.6) is 11.5 Å². The lowest BCUT2D eigenvalue weighted by atomic mass is 9.87. The number of thioether (sulfide) groups is 1. The van der Waals surface area contributed by atoms with Crippen LogP contribution in [0, 0.1) is 6.92 Å². The zero-order valence-electron chi connectivity index (χ0n) is 24.1. The third kappa shape index (κ3) is 7.33. The van der Waals surface area contributed by atoms with Gasteiger partial charge in [-0.15, -0.1) is 10.2 Å². The molecule has 0 spiro atoms. The van der Waals surface area contributed by atoms with Gasteiger partial charge in [0.25, 0.3) is 5.91 Å². The van der Waals surface area contributed by atoms with Crippen LogP contribution in [0.1, 0.15) is 37.5 Å². The fourth-order valence-corrected chi connectivity index (χ4v) is 4.96. The molecule has 212 valence electrons. The molecule has 1 N–H and O–H groups in total. The second-order valence-electron chi connectivity index (χ2n) is 10.9. The second-order valence-corrected chi connectivity index (χ2v) is 11.8. The largest absolute Gasteiger partial charge is 0.457 e. The Labute approximate surface area is 250 Å². The van der Waals surface area contributed by atoms with Crippen molar-refractivity contribution >= 4 is 23.9 Å². The van der Waals surface area contributed by atoms with E-state index in [-0.39, 0.29) is 17.1 Å². The fourth-order valence-electron chi connectivity index (χ4n) is 4.22. The summed E-state index contributed by atoms with van der Waals surface area (Å²) in [4.78, 5) is 12.7. The molecule has 1 heterocycles. The number of carbonyl (C=O) groups is 1. The molecule has 4 aromatic carbocycles. The van der Waals surface area contributed by atoms with Crippen molar-refractivity contribution in [2.24, 2.45) is 5.10 Å². The number of aryl methyl sites for hydroxylation is 1. The molecule has 42 heavy (non-hydrogen) atoms. The third-order valence-electron chi connectivity index (χ3n) is 6.51. The Morgan fingerprint density at radius 3 is 2.33 bits per heavy atom. The predicted molar refractivity (Wildman–Crippen MR) is 170 cm³/mol. The molecule has 0 fully saturated rings. The standard InChI is InChI=1S/C34H33N5O2S/c1-24-13-19-28(20-14-24)39-32(26-15-17-27(18-16-26)34(2,3)4)37-38-33(39)42-23-31(40)36-35-22-25-9-8-12-30(21-25)41-29-10-6-5-7-11-29/h5-22H,23H2,1-4H3,(H,36,40)/b35-22-. The molecule has 0 aliphatic carbocycles. The van der Waals surface area contributed by atoms with Crippen LogP contribution in [0.25, 0.3) is 17.1 Å². The van der Waals surface area contributed by atoms with Gasteiger partial charge in [0.15, 0.2) is 11.0 Å². The van der Waals surface area contributed by atoms with Crippen LogP contribution in [0.4, 0.5) is 0 Å². The summed E-state index contributed by atoms with van der Waals surface area (Å²) in [5.74, 6) is 2.04. The molecule has 1 aromatic heterocycles. The highest BCUT2D eigenvalue weighted by Crippen LogP contribution is 2.30. The lowest BCUT2D eigenvalue weighted by Gasteiger charge is -2.19. The van der Waals surface area contributed by atoms with E-state index in [1.807, 2.05) is 71.3 Å². The number of ether oxygens (including phenoxy) is 1. The van der Waals surface area contributed by atoms with Gasteiger partial charge in [-0.1, -0.05) is 105 Å². The molecule has 0 radical (unpaired) electrons. The predicted octanol–water partition coefficient (Wildman–Crippen LogP) is 7.57. The summed E-state index contributed by atoms with van der Waals surface area (Å²) >= 11 is 1.31. The molecular weight excluding hydrogens is 542 g/mol. The van der Waals surface area contributed by atoms with Gasteiger partial charge in [0.1, 0.15) is 11.5 Å². The van der Waals surface area contributed by atoms with Crippen molar-refractivity contribution in [3.05, 3.63) is 120 Å². The highest BCUT2D eigenvalue weighted by atomic mass is 32.2. The topological polar surface area (TPSA) is 81.4 Å². The van der Waals surface area contributed by atoms with Gasteiger partial charge in [-0.05, 0) is 59.9 Å². The van der Waals surface area contributed by atoms with E-state index in [4.69, 9.17) is 4.74 Å². The molecule has 0 atom stereocenters. The van der Waals surface area contributed by atoms with Crippen molar-refractivity contribution in [3.8, 4) is 28.6 Å². The van der Waals surface area contributed by atoms with Crippen molar-refractivity contribution < 1.29 is 9.53 Å². The van der Waals surface area contributed by atoms with E-state index in [0.717, 1.165) is 34.0 Å². The summed E-state index contributed by atoms with van der Waals surface area (Å²) in [6, 6.07) is 33.7. The molecule has 1 amide bonds. The molecule has 0 aliphatic heterocycles. The first kappa shape index (κ1) is 28.8. The van der Waals surface area contributed by atoms with Gasteiger partial charge in [0, 0.05) is 11.3 Å². The van der Waals surface area contributed by atoms with Crippen molar-refractivity contribution in [1.29, 1.82) is 0 Å². The number of amides is 1. The molecule has 0 bridgehead atoms. The van der Waals surface area contributed by atoms with E-state index in [2.05, 4.69) is 84.8 Å². The molecule has 0 aliphatic rings. The lowest BCUT2D eigenvalue weighted by molar-refractivity contribution is -0.118. The maximum atomic E-state index is 12.7. The first-order valence-corrected chi connectivity index (χ1v) is 14.7. The Morgan fingerprint density at radius 1 is 0.905 bits per heavy atom. The maximum Gasteiger partial charge on any atom is 0.250 e. The molecular formula is C34H33N5O2S. The number of para-hydroxylation sites is 1. The zero-order valence-corrected chi connectivity index (χ0v) is 24.9. The second kappa shape index (κ2) is 12.9. The van der Waals surface area contributed by atoms with Crippen LogP contribution < -0.4 is 10.2 Å². The average molecular weight is 576 g/mol. The van der Waals surface area contributed by atoms with Gasteiger partial charge in [-0.2, -0.15) is 5.10 Å². The summed E-state index contributed by atoms with van der Waals surface area (Å²) in [6.45, 7) is 8.63. The van der Waals surface area contributed by atoms with Crippen molar-refractivity contribution in [2.75, 3.05) is 5.75 Å². The van der Waals surface area contributed by atoms with E-state index in [0.29, 0.717) is 10.9 Å². The van der Waals surface area contributed by atoms with E-state index < -0.39 is 0 Å². The van der Waals surface area contributed by atoms with Crippen molar-refractivity contribution in [1.82, 2.24) is 20.2 Å². The molecule has 0 unspecified atom stereocenters. The minimum Gasteiger partial charge on any atom is -0.457 e. The van der Waals surface area contributed by atoms with Crippen LogP contribution in [0.15, 0.2) is 113 Å². The Balaban J connectivity index is 1.27. The number of aromatic nitrogens is 3. The third-order valence-corrected chi connectivity index (χ3v) is 7.44. The number of rotatable bonds is 9. The first-order valence-electron chi connectivity index (χ1n) is 13.7. The van der Waals surface area contributed by atoms with Crippen LogP contribution >= 0.6 is 11.8 Å². The van der Waals surface area contributed by atoms with Crippen LogP contribution in [-0.2, 0) is 10.2 Å². The Hall–Kier alpha value is -4.69. The monoisotopic (exact) mass is 575 g/mol. The maximum absolute atomic E-state index is 12.7. The van der Waals surface area contributed by atoms with Gasteiger partial charge in [0.05, 0.1) is 12.0 Å². The number of nitrogens with zero attached hydrogens (tertiary/aromatic N) is 4. The summed E-state index contributed by atoms with van der Waals surface area (Å²) in [7, 11) is 0. The molecule has 7 nitrogen and oxygen atoms in total. The highest BCUT2D eigenvalue weighted by Gasteiger charge is 2.19. The van der Waals surface area contributed by atoms with Crippen molar-refractivity contribution in [3.63, 3.8) is 0 Å². The van der Waals surface area contributed by atoms with Crippen LogP contribution in [0.2, 0.25) is 0 Å². The lowest BCUT2D eigenvalue weighted by Crippen LogP contribution is -2.20. The van der Waals surface area contributed by atoms with E-state index in [1.54, 1.807) is 6.21 Å². The Morgan fingerprint density at radius 2 is 1.62 bits per heavy atom. The molecule has 0 saturated carbocycles.